The van der Waals surface area contributed by atoms with Crippen LogP contribution in [0.3, 0.4) is 0 Å². The van der Waals surface area contributed by atoms with E-state index < -0.39 is 35.7 Å². The van der Waals surface area contributed by atoms with Gasteiger partial charge in [-0.25, -0.2) is 14.6 Å². The third-order valence-electron chi connectivity index (χ3n) is 6.54. The Morgan fingerprint density at radius 2 is 1.64 bits per heavy atom. The molecule has 0 radical (unpaired) electrons. The maximum absolute atomic E-state index is 13.0. The first-order chi connectivity index (χ1) is 20.0. The van der Waals surface area contributed by atoms with E-state index in [4.69, 9.17) is 24.7 Å². The van der Waals surface area contributed by atoms with E-state index in [9.17, 15) is 19.2 Å². The Hall–Kier alpha value is -4.46. The molecule has 2 aromatic heterocycles. The van der Waals surface area contributed by atoms with Crippen LogP contribution in [-0.2, 0) is 41.9 Å². The molecule has 1 amide bonds. The lowest BCUT2D eigenvalue weighted by Gasteiger charge is -2.23. The van der Waals surface area contributed by atoms with Crippen LogP contribution in [0.15, 0.2) is 41.5 Å². The van der Waals surface area contributed by atoms with E-state index >= 15 is 0 Å². The van der Waals surface area contributed by atoms with Crippen molar-refractivity contribution in [1.29, 1.82) is 0 Å². The van der Waals surface area contributed by atoms with Crippen molar-refractivity contribution in [3.05, 3.63) is 52.6 Å². The highest BCUT2D eigenvalue weighted by Crippen LogP contribution is 2.14. The number of anilines is 1. The van der Waals surface area contributed by atoms with E-state index in [1.165, 1.54) is 10.9 Å². The fourth-order valence-corrected chi connectivity index (χ4v) is 3.63. The van der Waals surface area contributed by atoms with Gasteiger partial charge >= 0.3 is 18.0 Å². The number of hydrogen-bond acceptors (Lipinski definition) is 11. The molecule has 42 heavy (non-hydrogen) atoms. The van der Waals surface area contributed by atoms with Crippen molar-refractivity contribution in [3.63, 3.8) is 0 Å². The van der Waals surface area contributed by atoms with Gasteiger partial charge in [0.05, 0.1) is 12.2 Å². The molecule has 0 spiro atoms. The number of nitrogens with one attached hydrogen (secondary N) is 2. The van der Waals surface area contributed by atoms with Crippen LogP contribution < -0.4 is 16.6 Å². The van der Waals surface area contributed by atoms with E-state index in [1.807, 2.05) is 44.2 Å². The molecular formula is C28H38N6O8. The second kappa shape index (κ2) is 15.0. The lowest BCUT2D eigenvalue weighted by atomic mass is 9.99. The number of nitrogen functional groups attached to an aromatic ring is 1. The molecule has 0 fully saturated rings. The summed E-state index contributed by atoms with van der Waals surface area (Å²) in [7, 11) is 0. The smallest absolute Gasteiger partial charge is 0.408 e. The van der Waals surface area contributed by atoms with Gasteiger partial charge in [0.25, 0.3) is 5.56 Å². The molecule has 0 aliphatic rings. The molecule has 0 saturated heterocycles. The van der Waals surface area contributed by atoms with Crippen molar-refractivity contribution in [3.8, 4) is 0 Å². The van der Waals surface area contributed by atoms with Crippen LogP contribution >= 0.6 is 0 Å². The number of hydrogen-bond donors (Lipinski definition) is 3. The van der Waals surface area contributed by atoms with Crippen molar-refractivity contribution < 1.29 is 33.3 Å². The van der Waals surface area contributed by atoms with Gasteiger partial charge in [0.1, 0.15) is 38.7 Å². The quantitative estimate of drug-likeness (QED) is 0.186. The number of nitrogens with two attached hydrogens (primary N) is 1. The number of alkyl carbamates (subject to hydrolysis) is 1. The number of esters is 2. The second-order valence-electron chi connectivity index (χ2n) is 10.5. The SMILES string of the molecule is CC(C)[C@H](C)C(=O)OCC(COC(=O)[C@H](NC(=O)OCc1ccccc1)C(C)C)OCn1cnc2c(=O)[nH]c(N)nc21. The molecule has 2 heterocycles. The van der Waals surface area contributed by atoms with Crippen molar-refractivity contribution in [2.24, 2.45) is 17.8 Å². The summed E-state index contributed by atoms with van der Waals surface area (Å²) >= 11 is 0. The van der Waals surface area contributed by atoms with Crippen LogP contribution in [0.2, 0.25) is 0 Å². The molecule has 14 nitrogen and oxygen atoms in total. The Bertz CT molecular complexity index is 1400. The van der Waals surface area contributed by atoms with Crippen molar-refractivity contribution in [1.82, 2.24) is 24.8 Å². The summed E-state index contributed by atoms with van der Waals surface area (Å²) in [5, 5.41) is 2.55. The molecule has 14 heteroatoms. The van der Waals surface area contributed by atoms with E-state index in [0.717, 1.165) is 5.56 Å². The maximum Gasteiger partial charge on any atom is 0.408 e. The molecular weight excluding hydrogens is 548 g/mol. The van der Waals surface area contributed by atoms with E-state index in [1.54, 1.807) is 20.8 Å². The summed E-state index contributed by atoms with van der Waals surface area (Å²) in [5.41, 5.74) is 6.20. The van der Waals surface area contributed by atoms with E-state index in [0.29, 0.717) is 0 Å². The molecule has 0 bridgehead atoms. The molecule has 1 aromatic carbocycles. The molecule has 3 aromatic rings. The summed E-state index contributed by atoms with van der Waals surface area (Å²) in [6, 6.07) is 8.12. The van der Waals surface area contributed by atoms with Gasteiger partial charge in [0, 0.05) is 0 Å². The monoisotopic (exact) mass is 586 g/mol. The number of rotatable bonds is 14. The number of H-pyrrole nitrogens is 1. The summed E-state index contributed by atoms with van der Waals surface area (Å²) in [6.45, 7) is 8.41. The van der Waals surface area contributed by atoms with Crippen LogP contribution in [0.1, 0.15) is 40.2 Å². The topological polar surface area (TPSA) is 190 Å². The predicted octanol–water partition coefficient (Wildman–Crippen LogP) is 2.37. The van der Waals surface area contributed by atoms with Crippen LogP contribution in [0.25, 0.3) is 11.2 Å². The zero-order chi connectivity index (χ0) is 30.8. The number of benzene rings is 1. The van der Waals surface area contributed by atoms with Crippen LogP contribution in [0, 0.1) is 17.8 Å². The predicted molar refractivity (Wildman–Crippen MR) is 152 cm³/mol. The molecule has 0 saturated carbocycles. The number of carbonyl (C=O) groups excluding carboxylic acids is 3. The summed E-state index contributed by atoms with van der Waals surface area (Å²) in [4.78, 5) is 60.4. The maximum atomic E-state index is 13.0. The van der Waals surface area contributed by atoms with Gasteiger partial charge in [0.15, 0.2) is 11.2 Å². The Balaban J connectivity index is 1.64. The number of nitrogens with zero attached hydrogens (tertiary/aromatic N) is 3. The van der Waals surface area contributed by atoms with Gasteiger partial charge < -0.3 is 30.0 Å². The minimum absolute atomic E-state index is 0.0396. The molecule has 3 atom stereocenters. The molecule has 0 aliphatic heterocycles. The third kappa shape index (κ3) is 9.03. The number of carbonyl (C=O) groups is 3. The average Bonchev–Trinajstić information content (AvgIpc) is 3.36. The number of aromatic amines is 1. The van der Waals surface area contributed by atoms with Crippen molar-refractivity contribution >= 4 is 35.1 Å². The number of ether oxygens (including phenoxy) is 4. The van der Waals surface area contributed by atoms with Gasteiger partial charge in [-0.1, -0.05) is 65.0 Å². The lowest BCUT2D eigenvalue weighted by Crippen LogP contribution is -2.46. The molecule has 1 unspecified atom stereocenters. The molecule has 228 valence electrons. The fraction of sp³-hybridized carbons (Fsp3) is 0.500. The molecule has 3 rings (SSSR count). The van der Waals surface area contributed by atoms with E-state index in [2.05, 4.69) is 20.3 Å². The molecule has 0 aliphatic carbocycles. The summed E-state index contributed by atoms with van der Waals surface area (Å²) < 4.78 is 23.5. The normalized spacial score (nSPS) is 13.5. The number of imidazole rings is 1. The van der Waals surface area contributed by atoms with Gasteiger partial charge in [0.2, 0.25) is 5.95 Å². The summed E-state index contributed by atoms with van der Waals surface area (Å²) in [6.07, 6.45) is -0.318. The number of aromatic nitrogens is 4. The zero-order valence-corrected chi connectivity index (χ0v) is 24.4. The zero-order valence-electron chi connectivity index (χ0n) is 24.4. The highest BCUT2D eigenvalue weighted by molar-refractivity contribution is 5.81. The van der Waals surface area contributed by atoms with Crippen molar-refractivity contribution in [2.45, 2.75) is 60.1 Å². The van der Waals surface area contributed by atoms with E-state index in [-0.39, 0.29) is 61.4 Å². The minimum atomic E-state index is -1.01. The standard InChI is InChI=1S/C28H38N6O8/c1-16(2)18(5)25(36)39-12-20(42-15-34-14-30-22-23(34)32-27(29)33-24(22)35)13-40-26(37)21(17(3)4)31-28(38)41-11-19-9-7-6-8-10-19/h6-10,14,16-18,20-21H,11-13,15H2,1-5H3,(H,31,38)(H3,29,32,33,35)/t18-,20?,21+/m0/s1. The van der Waals surface area contributed by atoms with Gasteiger partial charge in [-0.05, 0) is 17.4 Å². The van der Waals surface area contributed by atoms with Crippen LogP contribution in [-0.4, -0.2) is 62.9 Å². The van der Waals surface area contributed by atoms with Crippen LogP contribution in [0.4, 0.5) is 10.7 Å². The highest BCUT2D eigenvalue weighted by atomic mass is 16.6. The third-order valence-corrected chi connectivity index (χ3v) is 6.54. The first-order valence-corrected chi connectivity index (χ1v) is 13.6. The fourth-order valence-electron chi connectivity index (χ4n) is 3.63. The largest absolute Gasteiger partial charge is 0.463 e. The second-order valence-corrected chi connectivity index (χ2v) is 10.5. The Morgan fingerprint density at radius 3 is 2.29 bits per heavy atom. The Morgan fingerprint density at radius 1 is 0.976 bits per heavy atom. The lowest BCUT2D eigenvalue weighted by molar-refractivity contribution is -0.162. The Kier molecular flexibility index (Phi) is 11.4. The highest BCUT2D eigenvalue weighted by Gasteiger charge is 2.28. The molecule has 4 N–H and O–H groups in total. The number of fused-ring (bicyclic) bond motifs is 1. The van der Waals surface area contributed by atoms with Crippen LogP contribution in [0.5, 0.6) is 0 Å². The average molecular weight is 587 g/mol. The van der Waals surface area contributed by atoms with Gasteiger partial charge in [-0.15, -0.1) is 0 Å². The first-order valence-electron chi connectivity index (χ1n) is 13.6. The summed E-state index contributed by atoms with van der Waals surface area (Å²) in [5.74, 6) is -1.86. The van der Waals surface area contributed by atoms with Crippen molar-refractivity contribution in [2.75, 3.05) is 18.9 Å². The van der Waals surface area contributed by atoms with Gasteiger partial charge in [-0.2, -0.15) is 4.98 Å². The first kappa shape index (κ1) is 32.1. The Labute approximate surface area is 242 Å². The minimum Gasteiger partial charge on any atom is -0.463 e. The number of amides is 1. The van der Waals surface area contributed by atoms with Gasteiger partial charge in [-0.3, -0.25) is 19.1 Å².